The number of urea groups is 1. The second-order valence-corrected chi connectivity index (χ2v) is 5.87. The van der Waals surface area contributed by atoms with E-state index in [2.05, 4.69) is 16.0 Å². The fourth-order valence-electron chi connectivity index (χ4n) is 2.76. The third-order valence-corrected chi connectivity index (χ3v) is 4.06. The molecule has 2 atom stereocenters. The third kappa shape index (κ3) is 3.64. The number of hydrogen-bond acceptors (Lipinski definition) is 3. The topological polar surface area (TPSA) is 83.4 Å². The maximum Gasteiger partial charge on any atom is 0.316 e. The number of nitrogens with one attached hydrogen (secondary N) is 3. The Labute approximate surface area is 134 Å². The molecule has 1 aliphatic rings. The van der Waals surface area contributed by atoms with Gasteiger partial charge in [-0.3, -0.25) is 4.79 Å². The predicted molar refractivity (Wildman–Crippen MR) is 86.9 cm³/mol. The summed E-state index contributed by atoms with van der Waals surface area (Å²) in [4.78, 5) is 24.0. The molecule has 6 heteroatoms. The van der Waals surface area contributed by atoms with E-state index < -0.39 is 6.04 Å². The van der Waals surface area contributed by atoms with Crippen molar-refractivity contribution in [2.75, 3.05) is 6.54 Å². The van der Waals surface area contributed by atoms with Crippen molar-refractivity contribution in [3.63, 3.8) is 0 Å². The van der Waals surface area contributed by atoms with Gasteiger partial charge >= 0.3 is 6.03 Å². The molecule has 0 radical (unpaired) electrons. The van der Waals surface area contributed by atoms with Crippen LogP contribution in [0.25, 0.3) is 11.0 Å². The van der Waals surface area contributed by atoms with Crippen molar-refractivity contribution in [2.45, 2.75) is 38.3 Å². The lowest BCUT2D eigenvalue weighted by Gasteiger charge is -2.18. The van der Waals surface area contributed by atoms with Gasteiger partial charge in [0.2, 0.25) is 5.91 Å². The van der Waals surface area contributed by atoms with Crippen LogP contribution >= 0.6 is 0 Å². The molecule has 1 aromatic heterocycles. The Morgan fingerprint density at radius 2 is 2.17 bits per heavy atom. The Hall–Kier alpha value is -2.50. The van der Waals surface area contributed by atoms with E-state index in [9.17, 15) is 9.59 Å². The Morgan fingerprint density at radius 1 is 1.35 bits per heavy atom. The summed E-state index contributed by atoms with van der Waals surface area (Å²) in [5.41, 5.74) is 0.791. The number of benzene rings is 1. The highest BCUT2D eigenvalue weighted by Crippen LogP contribution is 2.23. The average Bonchev–Trinajstić information content (AvgIpc) is 2.87. The normalized spacial score (nSPS) is 19.7. The number of carbonyl (C=O) groups excluding carboxylic acids is 2. The molecule has 3 amide bonds. The molecule has 1 aromatic carbocycles. The van der Waals surface area contributed by atoms with Gasteiger partial charge in [0.15, 0.2) is 0 Å². The largest absolute Gasteiger partial charge is 0.459 e. The van der Waals surface area contributed by atoms with Gasteiger partial charge < -0.3 is 20.4 Å². The molecule has 122 valence electrons. The molecule has 2 aromatic rings. The van der Waals surface area contributed by atoms with Crippen LogP contribution < -0.4 is 16.0 Å². The van der Waals surface area contributed by atoms with Gasteiger partial charge in [-0.2, -0.15) is 0 Å². The molecule has 2 heterocycles. The van der Waals surface area contributed by atoms with Crippen LogP contribution in [0.2, 0.25) is 0 Å². The van der Waals surface area contributed by atoms with Gasteiger partial charge in [0.1, 0.15) is 17.4 Å². The van der Waals surface area contributed by atoms with Gasteiger partial charge in [-0.05, 0) is 38.3 Å². The first-order chi connectivity index (χ1) is 11.1. The Kier molecular flexibility index (Phi) is 4.50. The molecule has 6 nitrogen and oxygen atoms in total. The number of hydrogen-bond donors (Lipinski definition) is 3. The van der Waals surface area contributed by atoms with Crippen molar-refractivity contribution < 1.29 is 14.0 Å². The van der Waals surface area contributed by atoms with Gasteiger partial charge in [-0.25, -0.2) is 4.79 Å². The molecular formula is C17H21N3O3. The molecule has 0 bridgehead atoms. The van der Waals surface area contributed by atoms with E-state index in [1.165, 1.54) is 0 Å². The summed E-state index contributed by atoms with van der Waals surface area (Å²) in [5.74, 6) is 0.570. The summed E-state index contributed by atoms with van der Waals surface area (Å²) < 4.78 is 5.74. The number of rotatable bonds is 3. The number of amides is 3. The first kappa shape index (κ1) is 15.4. The fraction of sp³-hybridized carbons (Fsp3) is 0.412. The van der Waals surface area contributed by atoms with Gasteiger partial charge in [0.25, 0.3) is 0 Å². The smallest absolute Gasteiger partial charge is 0.316 e. The molecule has 0 aliphatic carbocycles. The zero-order chi connectivity index (χ0) is 16.2. The second kappa shape index (κ2) is 6.73. The fourth-order valence-corrected chi connectivity index (χ4v) is 2.76. The van der Waals surface area contributed by atoms with Crippen molar-refractivity contribution in [3.05, 3.63) is 36.1 Å². The minimum absolute atomic E-state index is 0.117. The van der Waals surface area contributed by atoms with E-state index in [1.54, 1.807) is 0 Å². The zero-order valence-corrected chi connectivity index (χ0v) is 13.1. The van der Waals surface area contributed by atoms with E-state index in [4.69, 9.17) is 4.42 Å². The van der Waals surface area contributed by atoms with Gasteiger partial charge in [0.05, 0.1) is 6.04 Å². The van der Waals surface area contributed by atoms with E-state index in [1.807, 2.05) is 37.3 Å². The van der Waals surface area contributed by atoms with E-state index >= 15 is 0 Å². The van der Waals surface area contributed by atoms with E-state index in [0.717, 1.165) is 23.8 Å². The lowest BCUT2D eigenvalue weighted by molar-refractivity contribution is -0.122. The highest BCUT2D eigenvalue weighted by atomic mass is 16.3. The van der Waals surface area contributed by atoms with Crippen LogP contribution in [0.5, 0.6) is 0 Å². The second-order valence-electron chi connectivity index (χ2n) is 5.87. The average molecular weight is 315 g/mol. The first-order valence-corrected chi connectivity index (χ1v) is 7.97. The highest BCUT2D eigenvalue weighted by molar-refractivity contribution is 5.87. The van der Waals surface area contributed by atoms with Crippen LogP contribution in [0.4, 0.5) is 4.79 Å². The van der Waals surface area contributed by atoms with Crippen molar-refractivity contribution in [1.29, 1.82) is 0 Å². The highest BCUT2D eigenvalue weighted by Gasteiger charge is 2.23. The quantitative estimate of drug-likeness (QED) is 0.813. The molecule has 1 fully saturated rings. The molecule has 1 aliphatic heterocycles. The van der Waals surface area contributed by atoms with Gasteiger partial charge in [-0.1, -0.05) is 18.2 Å². The van der Waals surface area contributed by atoms with E-state index in [0.29, 0.717) is 18.7 Å². The van der Waals surface area contributed by atoms with Crippen LogP contribution in [0.3, 0.4) is 0 Å². The molecule has 2 unspecified atom stereocenters. The van der Waals surface area contributed by atoms with Crippen molar-refractivity contribution in [2.24, 2.45) is 0 Å². The first-order valence-electron chi connectivity index (χ1n) is 7.97. The minimum atomic E-state index is -0.472. The maximum absolute atomic E-state index is 12.1. The van der Waals surface area contributed by atoms with E-state index in [-0.39, 0.29) is 18.0 Å². The molecule has 3 rings (SSSR count). The monoisotopic (exact) mass is 315 g/mol. The summed E-state index contributed by atoms with van der Waals surface area (Å²) in [7, 11) is 0. The summed E-state index contributed by atoms with van der Waals surface area (Å²) in [6.45, 7) is 2.53. The third-order valence-electron chi connectivity index (χ3n) is 4.06. The molecule has 3 N–H and O–H groups in total. The van der Waals surface area contributed by atoms with Crippen LogP contribution in [-0.4, -0.2) is 24.5 Å². The number of furan rings is 1. The summed E-state index contributed by atoms with van der Waals surface area (Å²) in [6, 6.07) is 8.50. The van der Waals surface area contributed by atoms with Crippen LogP contribution in [0.15, 0.2) is 34.7 Å². The lowest BCUT2D eigenvalue weighted by Crippen LogP contribution is -2.49. The standard InChI is InChI=1S/C17H21N3O3/c1-11(15-10-12-6-2-3-8-14(12)23-15)19-17(22)20-13-7-4-5-9-18-16(13)21/h2-3,6,8,10-11,13H,4-5,7,9H2,1H3,(H,18,21)(H2,19,20,22). The van der Waals surface area contributed by atoms with Crippen LogP contribution in [0, 0.1) is 0 Å². The minimum Gasteiger partial charge on any atom is -0.459 e. The lowest BCUT2D eigenvalue weighted by atomic mass is 10.1. The molecule has 0 spiro atoms. The Morgan fingerprint density at radius 3 is 3.00 bits per heavy atom. The van der Waals surface area contributed by atoms with Crippen LogP contribution in [-0.2, 0) is 4.79 Å². The summed E-state index contributed by atoms with van der Waals surface area (Å²) >= 11 is 0. The molecular weight excluding hydrogens is 294 g/mol. The SMILES string of the molecule is CC(NC(=O)NC1CCCCNC1=O)c1cc2ccccc2o1. The summed E-state index contributed by atoms with van der Waals surface area (Å²) in [6.07, 6.45) is 2.53. The molecule has 23 heavy (non-hydrogen) atoms. The number of carbonyl (C=O) groups is 2. The van der Waals surface area contributed by atoms with Gasteiger partial charge in [0, 0.05) is 11.9 Å². The predicted octanol–water partition coefficient (Wildman–Crippen LogP) is 2.46. The van der Waals surface area contributed by atoms with Crippen molar-refractivity contribution in [3.8, 4) is 0 Å². The Bertz CT molecular complexity index is 677. The van der Waals surface area contributed by atoms with Crippen molar-refractivity contribution in [1.82, 2.24) is 16.0 Å². The van der Waals surface area contributed by atoms with Gasteiger partial charge in [-0.15, -0.1) is 0 Å². The van der Waals surface area contributed by atoms with Crippen LogP contribution in [0.1, 0.15) is 38.0 Å². The summed E-state index contributed by atoms with van der Waals surface area (Å²) in [5, 5.41) is 9.36. The maximum atomic E-state index is 12.1. The van der Waals surface area contributed by atoms with Crippen molar-refractivity contribution >= 4 is 22.9 Å². The number of fused-ring (bicyclic) bond motifs is 1. The molecule has 0 saturated carbocycles. The Balaban J connectivity index is 1.61. The zero-order valence-electron chi connectivity index (χ0n) is 13.1. The number of para-hydroxylation sites is 1. The molecule has 1 saturated heterocycles.